The molecular weight excluding hydrogens is 278 g/mol. The fraction of sp³-hybridized carbons (Fsp3) is 0.923. The van der Waals surface area contributed by atoms with Crippen molar-refractivity contribution in [1.82, 2.24) is 14.9 Å². The summed E-state index contributed by atoms with van der Waals surface area (Å²) in [5, 5.41) is 6.10. The van der Waals surface area contributed by atoms with Gasteiger partial charge < -0.3 is 10.6 Å². The number of carbonyl (C=O) groups excluding carboxylic acids is 1. The first kappa shape index (κ1) is 17.4. The first-order valence-electron chi connectivity index (χ1n) is 7.30. The average molecular weight is 305 g/mol. The number of hydrogen-bond donors (Lipinski definition) is 2. The van der Waals surface area contributed by atoms with Gasteiger partial charge in [0.2, 0.25) is 15.9 Å². The molecule has 2 N–H and O–H groups in total. The third kappa shape index (κ3) is 5.76. The fourth-order valence-electron chi connectivity index (χ4n) is 2.46. The van der Waals surface area contributed by atoms with E-state index in [2.05, 4.69) is 17.6 Å². The molecule has 0 aromatic rings. The maximum Gasteiger partial charge on any atom is 0.237 e. The van der Waals surface area contributed by atoms with Gasteiger partial charge >= 0.3 is 0 Å². The lowest BCUT2D eigenvalue weighted by Crippen LogP contribution is -2.48. The Kier molecular flexibility index (Phi) is 6.91. The highest BCUT2D eigenvalue weighted by Crippen LogP contribution is 2.14. The lowest BCUT2D eigenvalue weighted by atomic mass is 9.94. The third-order valence-electron chi connectivity index (χ3n) is 3.69. The minimum Gasteiger partial charge on any atom is -0.355 e. The molecule has 0 aliphatic carbocycles. The summed E-state index contributed by atoms with van der Waals surface area (Å²) < 4.78 is 24.2. The standard InChI is InChI=1S/C13H27N3O3S/c1-4-16(20(3,18)19)9-5-7-15-13(17)12-10-11(2)6-8-14-12/h11-12,14H,4-10H2,1-3H3,(H,15,17). The molecule has 0 spiro atoms. The van der Waals surface area contributed by atoms with Crippen LogP contribution in [0.15, 0.2) is 0 Å². The first-order valence-corrected chi connectivity index (χ1v) is 9.15. The molecule has 0 aromatic heterocycles. The van der Waals surface area contributed by atoms with Crippen LogP contribution in [0.25, 0.3) is 0 Å². The van der Waals surface area contributed by atoms with Gasteiger partial charge in [0.15, 0.2) is 0 Å². The first-order chi connectivity index (χ1) is 9.34. The number of piperidine rings is 1. The van der Waals surface area contributed by atoms with E-state index in [0.717, 1.165) is 19.4 Å². The molecule has 1 amide bonds. The predicted molar refractivity (Wildman–Crippen MR) is 79.9 cm³/mol. The van der Waals surface area contributed by atoms with E-state index in [9.17, 15) is 13.2 Å². The zero-order chi connectivity index (χ0) is 15.2. The number of carbonyl (C=O) groups is 1. The SMILES string of the molecule is CCN(CCCNC(=O)C1CC(C)CCN1)S(C)(=O)=O. The van der Waals surface area contributed by atoms with Crippen LogP contribution in [0.1, 0.15) is 33.1 Å². The quantitative estimate of drug-likeness (QED) is 0.657. The summed E-state index contributed by atoms with van der Waals surface area (Å²) in [4.78, 5) is 11.9. The normalized spacial score (nSPS) is 23.8. The summed E-state index contributed by atoms with van der Waals surface area (Å²) >= 11 is 0. The molecule has 0 saturated carbocycles. The van der Waals surface area contributed by atoms with Gasteiger partial charge in [-0.1, -0.05) is 13.8 Å². The summed E-state index contributed by atoms with van der Waals surface area (Å²) in [5.41, 5.74) is 0. The smallest absolute Gasteiger partial charge is 0.237 e. The number of rotatable bonds is 7. The van der Waals surface area contributed by atoms with Crippen molar-refractivity contribution in [3.05, 3.63) is 0 Å². The van der Waals surface area contributed by atoms with E-state index in [4.69, 9.17) is 0 Å². The van der Waals surface area contributed by atoms with Gasteiger partial charge in [0.25, 0.3) is 0 Å². The van der Waals surface area contributed by atoms with Crippen LogP contribution >= 0.6 is 0 Å². The molecule has 118 valence electrons. The maximum atomic E-state index is 11.9. The van der Waals surface area contributed by atoms with Crippen LogP contribution in [0, 0.1) is 5.92 Å². The molecule has 2 unspecified atom stereocenters. The Bertz CT molecular complexity index is 411. The van der Waals surface area contributed by atoms with E-state index < -0.39 is 10.0 Å². The van der Waals surface area contributed by atoms with Gasteiger partial charge in [-0.05, 0) is 31.7 Å². The second-order valence-corrected chi connectivity index (χ2v) is 7.52. The number of sulfonamides is 1. The summed E-state index contributed by atoms with van der Waals surface area (Å²) in [5.74, 6) is 0.603. The Morgan fingerprint density at radius 3 is 2.70 bits per heavy atom. The molecule has 1 fully saturated rings. The van der Waals surface area contributed by atoms with E-state index in [0.29, 0.717) is 32.0 Å². The van der Waals surface area contributed by atoms with Crippen molar-refractivity contribution in [1.29, 1.82) is 0 Å². The molecule has 6 nitrogen and oxygen atoms in total. The van der Waals surface area contributed by atoms with E-state index in [1.165, 1.54) is 10.6 Å². The molecule has 1 rings (SSSR count). The Hall–Kier alpha value is -0.660. The highest BCUT2D eigenvalue weighted by atomic mass is 32.2. The summed E-state index contributed by atoms with van der Waals surface area (Å²) in [6.45, 7) is 6.28. The lowest BCUT2D eigenvalue weighted by molar-refractivity contribution is -0.124. The maximum absolute atomic E-state index is 11.9. The Morgan fingerprint density at radius 2 is 2.15 bits per heavy atom. The van der Waals surface area contributed by atoms with Gasteiger partial charge in [0, 0.05) is 19.6 Å². The Labute approximate surface area is 122 Å². The fourth-order valence-corrected chi connectivity index (χ4v) is 3.39. The second-order valence-electron chi connectivity index (χ2n) is 5.54. The Morgan fingerprint density at radius 1 is 1.45 bits per heavy atom. The second kappa shape index (κ2) is 7.95. The zero-order valence-corrected chi connectivity index (χ0v) is 13.5. The van der Waals surface area contributed by atoms with E-state index in [1.54, 1.807) is 0 Å². The predicted octanol–water partition coefficient (Wildman–Crippen LogP) is 0.162. The van der Waals surface area contributed by atoms with Gasteiger partial charge in [-0.25, -0.2) is 12.7 Å². The van der Waals surface area contributed by atoms with Crippen LogP contribution in [-0.4, -0.2) is 57.1 Å². The number of nitrogens with zero attached hydrogens (tertiary/aromatic N) is 1. The molecular formula is C13H27N3O3S. The van der Waals surface area contributed by atoms with E-state index >= 15 is 0 Å². The van der Waals surface area contributed by atoms with Gasteiger partial charge in [-0.15, -0.1) is 0 Å². The molecule has 1 aliphatic heterocycles. The minimum atomic E-state index is -3.14. The van der Waals surface area contributed by atoms with Gasteiger partial charge in [0.1, 0.15) is 0 Å². The van der Waals surface area contributed by atoms with Crippen molar-refractivity contribution < 1.29 is 13.2 Å². The van der Waals surface area contributed by atoms with Crippen molar-refractivity contribution in [2.45, 2.75) is 39.2 Å². The third-order valence-corrected chi connectivity index (χ3v) is 5.07. The van der Waals surface area contributed by atoms with Crippen LogP contribution in [0.4, 0.5) is 0 Å². The van der Waals surface area contributed by atoms with Crippen molar-refractivity contribution in [3.63, 3.8) is 0 Å². The van der Waals surface area contributed by atoms with Gasteiger partial charge in [-0.3, -0.25) is 4.79 Å². The van der Waals surface area contributed by atoms with Crippen molar-refractivity contribution in [2.75, 3.05) is 32.4 Å². The Balaban J connectivity index is 2.25. The van der Waals surface area contributed by atoms with Crippen molar-refractivity contribution >= 4 is 15.9 Å². The van der Waals surface area contributed by atoms with E-state index in [1.807, 2.05) is 6.92 Å². The average Bonchev–Trinajstić information content (AvgIpc) is 2.37. The van der Waals surface area contributed by atoms with Crippen LogP contribution in [-0.2, 0) is 14.8 Å². The lowest BCUT2D eigenvalue weighted by Gasteiger charge is -2.27. The van der Waals surface area contributed by atoms with E-state index in [-0.39, 0.29) is 11.9 Å². The van der Waals surface area contributed by atoms with Crippen LogP contribution in [0.2, 0.25) is 0 Å². The topological polar surface area (TPSA) is 78.5 Å². The van der Waals surface area contributed by atoms with Crippen LogP contribution in [0.5, 0.6) is 0 Å². The van der Waals surface area contributed by atoms with Crippen LogP contribution in [0.3, 0.4) is 0 Å². The van der Waals surface area contributed by atoms with Crippen molar-refractivity contribution in [3.8, 4) is 0 Å². The summed E-state index contributed by atoms with van der Waals surface area (Å²) in [6.07, 6.45) is 3.83. The molecule has 0 aromatic carbocycles. The molecule has 1 saturated heterocycles. The number of nitrogens with one attached hydrogen (secondary N) is 2. The molecule has 7 heteroatoms. The molecule has 2 atom stereocenters. The molecule has 1 heterocycles. The monoisotopic (exact) mass is 305 g/mol. The largest absolute Gasteiger partial charge is 0.355 e. The van der Waals surface area contributed by atoms with Gasteiger partial charge in [0.05, 0.1) is 12.3 Å². The number of hydrogen-bond acceptors (Lipinski definition) is 4. The van der Waals surface area contributed by atoms with Crippen molar-refractivity contribution in [2.24, 2.45) is 5.92 Å². The highest BCUT2D eigenvalue weighted by Gasteiger charge is 2.24. The molecule has 0 bridgehead atoms. The minimum absolute atomic E-state index is 0.0268. The highest BCUT2D eigenvalue weighted by molar-refractivity contribution is 7.88. The summed E-state index contributed by atoms with van der Waals surface area (Å²) in [7, 11) is -3.14. The molecule has 0 radical (unpaired) electrons. The molecule has 1 aliphatic rings. The van der Waals surface area contributed by atoms with Gasteiger partial charge in [-0.2, -0.15) is 0 Å². The molecule has 20 heavy (non-hydrogen) atoms. The summed E-state index contributed by atoms with van der Waals surface area (Å²) in [6, 6.07) is -0.101. The van der Waals surface area contributed by atoms with Crippen LogP contribution < -0.4 is 10.6 Å². The number of amides is 1. The zero-order valence-electron chi connectivity index (χ0n) is 12.7.